The summed E-state index contributed by atoms with van der Waals surface area (Å²) in [5.74, 6) is 0.608. The monoisotopic (exact) mass is 218 g/mol. The van der Waals surface area contributed by atoms with Crippen LogP contribution >= 0.6 is 0 Å². The molecule has 0 aliphatic rings. The molecule has 0 saturated carbocycles. The van der Waals surface area contributed by atoms with E-state index < -0.39 is 0 Å². The molecule has 0 spiro atoms. The van der Waals surface area contributed by atoms with Crippen molar-refractivity contribution in [3.8, 4) is 11.5 Å². The number of aromatic amines is 1. The normalized spacial score (nSPS) is 11.7. The van der Waals surface area contributed by atoms with E-state index in [1.807, 2.05) is 26.8 Å². The molecule has 0 aromatic carbocycles. The first-order chi connectivity index (χ1) is 7.47. The highest BCUT2D eigenvalue weighted by atomic mass is 16.3. The fraction of sp³-hybridized carbons (Fsp3) is 0.333. The smallest absolute Gasteiger partial charge is 0.345 e. The van der Waals surface area contributed by atoms with Crippen molar-refractivity contribution in [2.24, 2.45) is 0 Å². The third kappa shape index (κ3) is 2.05. The minimum absolute atomic E-state index is 0.122. The molecule has 0 bridgehead atoms. The third-order valence-corrected chi connectivity index (χ3v) is 2.33. The minimum atomic E-state index is -0.348. The van der Waals surface area contributed by atoms with Gasteiger partial charge in [0, 0.05) is 11.1 Å². The molecule has 2 aromatic heterocycles. The van der Waals surface area contributed by atoms with Crippen LogP contribution in [0.4, 0.5) is 0 Å². The second kappa shape index (κ2) is 3.63. The zero-order valence-electron chi connectivity index (χ0n) is 9.57. The van der Waals surface area contributed by atoms with Crippen LogP contribution in [0.2, 0.25) is 0 Å². The van der Waals surface area contributed by atoms with Gasteiger partial charge in [0.1, 0.15) is 5.69 Å². The zero-order valence-corrected chi connectivity index (χ0v) is 9.57. The highest BCUT2D eigenvalue weighted by Gasteiger charge is 2.17. The summed E-state index contributed by atoms with van der Waals surface area (Å²) in [6.07, 6.45) is 1.56. The Kier molecular flexibility index (Phi) is 2.42. The lowest BCUT2D eigenvalue weighted by atomic mass is 9.91. The molecular weight excluding hydrogens is 204 g/mol. The molecule has 0 atom stereocenters. The van der Waals surface area contributed by atoms with Crippen LogP contribution in [0.1, 0.15) is 26.5 Å². The number of nitrogens with one attached hydrogen (secondary N) is 1. The van der Waals surface area contributed by atoms with Crippen molar-refractivity contribution in [2.45, 2.75) is 26.2 Å². The Bertz CT molecular complexity index is 533. The lowest BCUT2D eigenvalue weighted by Crippen LogP contribution is -2.21. The van der Waals surface area contributed by atoms with Gasteiger partial charge in [0.2, 0.25) is 0 Å². The van der Waals surface area contributed by atoms with Gasteiger partial charge in [-0.2, -0.15) is 4.98 Å². The van der Waals surface area contributed by atoms with Gasteiger partial charge >= 0.3 is 5.69 Å². The van der Waals surface area contributed by atoms with Crippen LogP contribution in [0.3, 0.4) is 0 Å². The van der Waals surface area contributed by atoms with Crippen molar-refractivity contribution in [3.63, 3.8) is 0 Å². The van der Waals surface area contributed by atoms with Crippen molar-refractivity contribution < 1.29 is 4.42 Å². The van der Waals surface area contributed by atoms with Gasteiger partial charge in [0.05, 0.1) is 6.26 Å². The van der Waals surface area contributed by atoms with Crippen LogP contribution in [0, 0.1) is 0 Å². The number of hydrogen-bond acceptors (Lipinski definition) is 3. The van der Waals surface area contributed by atoms with E-state index in [0.29, 0.717) is 11.5 Å². The third-order valence-electron chi connectivity index (χ3n) is 2.33. The molecule has 84 valence electrons. The van der Waals surface area contributed by atoms with E-state index in [-0.39, 0.29) is 11.1 Å². The number of nitrogens with zero attached hydrogens (tertiary/aromatic N) is 1. The topological polar surface area (TPSA) is 58.9 Å². The molecule has 2 aromatic rings. The second-order valence-electron chi connectivity index (χ2n) is 4.71. The molecule has 0 unspecified atom stereocenters. The van der Waals surface area contributed by atoms with Crippen LogP contribution in [0.25, 0.3) is 11.5 Å². The second-order valence-corrected chi connectivity index (χ2v) is 4.71. The Hall–Kier alpha value is -1.84. The fourth-order valence-electron chi connectivity index (χ4n) is 1.41. The van der Waals surface area contributed by atoms with E-state index in [1.165, 1.54) is 0 Å². The summed E-state index contributed by atoms with van der Waals surface area (Å²) < 4.78 is 5.23. The van der Waals surface area contributed by atoms with E-state index >= 15 is 0 Å². The molecular formula is C12H14N2O2. The minimum Gasteiger partial charge on any atom is -0.463 e. The van der Waals surface area contributed by atoms with Crippen LogP contribution in [-0.2, 0) is 5.41 Å². The van der Waals surface area contributed by atoms with E-state index in [9.17, 15) is 4.79 Å². The zero-order chi connectivity index (χ0) is 11.8. The number of furan rings is 1. The van der Waals surface area contributed by atoms with Gasteiger partial charge < -0.3 is 9.40 Å². The molecule has 0 aliphatic heterocycles. The lowest BCUT2D eigenvalue weighted by molar-refractivity contribution is 0.558. The molecule has 0 amide bonds. The maximum Gasteiger partial charge on any atom is 0.345 e. The number of rotatable bonds is 1. The van der Waals surface area contributed by atoms with Crippen molar-refractivity contribution in [2.75, 3.05) is 0 Å². The molecule has 0 fully saturated rings. The quantitative estimate of drug-likeness (QED) is 0.799. The summed E-state index contributed by atoms with van der Waals surface area (Å²) in [7, 11) is 0. The van der Waals surface area contributed by atoms with Crippen molar-refractivity contribution in [3.05, 3.63) is 40.6 Å². The molecule has 1 N–H and O–H groups in total. The largest absolute Gasteiger partial charge is 0.463 e. The molecule has 4 heteroatoms. The Labute approximate surface area is 93.3 Å². The molecule has 0 radical (unpaired) electrons. The standard InChI is InChI=1S/C12H14N2O2/c1-12(2,3)10-7-8(13-11(15)14-10)9-5-4-6-16-9/h4-7H,1-3H3,(H,13,14,15). The fourth-order valence-corrected chi connectivity index (χ4v) is 1.41. The van der Waals surface area contributed by atoms with Gasteiger partial charge in [-0.05, 0) is 18.2 Å². The highest BCUT2D eigenvalue weighted by molar-refractivity contribution is 5.52. The Balaban J connectivity index is 2.57. The maximum atomic E-state index is 11.4. The first kappa shape index (κ1) is 10.7. The summed E-state index contributed by atoms with van der Waals surface area (Å²) in [4.78, 5) is 18.1. The van der Waals surface area contributed by atoms with E-state index in [1.54, 1.807) is 18.4 Å². The molecule has 2 heterocycles. The van der Waals surface area contributed by atoms with E-state index in [4.69, 9.17) is 4.42 Å². The van der Waals surface area contributed by atoms with E-state index in [0.717, 1.165) is 5.69 Å². The number of hydrogen-bond donors (Lipinski definition) is 1. The highest BCUT2D eigenvalue weighted by Crippen LogP contribution is 2.23. The molecule has 4 nitrogen and oxygen atoms in total. The van der Waals surface area contributed by atoms with Crippen molar-refractivity contribution >= 4 is 0 Å². The predicted octanol–water partition coefficient (Wildman–Crippen LogP) is 2.33. The summed E-state index contributed by atoms with van der Waals surface area (Å²) in [6.45, 7) is 6.10. The Morgan fingerprint density at radius 3 is 2.69 bits per heavy atom. The van der Waals surface area contributed by atoms with Gasteiger partial charge in [0.25, 0.3) is 0 Å². The maximum absolute atomic E-state index is 11.4. The van der Waals surface area contributed by atoms with Crippen molar-refractivity contribution in [1.82, 2.24) is 9.97 Å². The Morgan fingerprint density at radius 2 is 2.12 bits per heavy atom. The molecule has 0 saturated heterocycles. The first-order valence-corrected chi connectivity index (χ1v) is 5.12. The number of aromatic nitrogens is 2. The number of H-pyrrole nitrogens is 1. The SMILES string of the molecule is CC(C)(C)c1cc(-c2ccco2)nc(=O)[nH]1. The van der Waals surface area contributed by atoms with Crippen LogP contribution in [0.15, 0.2) is 33.7 Å². The molecule has 0 aliphatic carbocycles. The van der Waals surface area contributed by atoms with Crippen molar-refractivity contribution in [1.29, 1.82) is 0 Å². The van der Waals surface area contributed by atoms with Gasteiger partial charge in [-0.3, -0.25) is 0 Å². The van der Waals surface area contributed by atoms with Gasteiger partial charge in [-0.25, -0.2) is 4.79 Å². The predicted molar refractivity (Wildman–Crippen MR) is 61.3 cm³/mol. The summed E-state index contributed by atoms with van der Waals surface area (Å²) >= 11 is 0. The average Bonchev–Trinajstić information content (AvgIpc) is 2.68. The van der Waals surface area contributed by atoms with Gasteiger partial charge in [-0.1, -0.05) is 20.8 Å². The van der Waals surface area contributed by atoms with Gasteiger partial charge in [0.15, 0.2) is 5.76 Å². The Morgan fingerprint density at radius 1 is 1.38 bits per heavy atom. The summed E-state index contributed by atoms with van der Waals surface area (Å²) in [5.41, 5.74) is 0.945. The van der Waals surface area contributed by atoms with Gasteiger partial charge in [-0.15, -0.1) is 0 Å². The first-order valence-electron chi connectivity index (χ1n) is 5.12. The van der Waals surface area contributed by atoms with Crippen LogP contribution < -0.4 is 5.69 Å². The lowest BCUT2D eigenvalue weighted by Gasteiger charge is -2.18. The summed E-state index contributed by atoms with van der Waals surface area (Å²) in [6, 6.07) is 5.41. The molecule has 2 rings (SSSR count). The van der Waals surface area contributed by atoms with Crippen LogP contribution in [0.5, 0.6) is 0 Å². The van der Waals surface area contributed by atoms with Crippen LogP contribution in [-0.4, -0.2) is 9.97 Å². The average molecular weight is 218 g/mol. The molecule has 16 heavy (non-hydrogen) atoms. The van der Waals surface area contributed by atoms with E-state index in [2.05, 4.69) is 9.97 Å². The summed E-state index contributed by atoms with van der Waals surface area (Å²) in [5, 5.41) is 0.